The summed E-state index contributed by atoms with van der Waals surface area (Å²) in [6.45, 7) is 8.29. The molecule has 1 atom stereocenters. The van der Waals surface area contributed by atoms with Crippen molar-refractivity contribution in [2.45, 2.75) is 39.0 Å². The van der Waals surface area contributed by atoms with Crippen molar-refractivity contribution in [2.24, 2.45) is 5.92 Å². The molecule has 1 aliphatic heterocycles. The van der Waals surface area contributed by atoms with Crippen LogP contribution in [0.3, 0.4) is 0 Å². The van der Waals surface area contributed by atoms with Crippen molar-refractivity contribution < 1.29 is 4.52 Å². The second-order valence-corrected chi connectivity index (χ2v) is 6.18. The summed E-state index contributed by atoms with van der Waals surface area (Å²) in [4.78, 5) is 13.0. The number of nitrogens with zero attached hydrogens (tertiary/aromatic N) is 4. The van der Waals surface area contributed by atoms with E-state index in [-0.39, 0.29) is 5.41 Å². The fourth-order valence-corrected chi connectivity index (χ4v) is 2.81. The summed E-state index contributed by atoms with van der Waals surface area (Å²) in [7, 11) is 0. The molecule has 0 bridgehead atoms. The van der Waals surface area contributed by atoms with Crippen LogP contribution in [0.4, 0.5) is 0 Å². The van der Waals surface area contributed by atoms with E-state index in [1.54, 1.807) is 12.3 Å². The van der Waals surface area contributed by atoms with Crippen LogP contribution in [0.15, 0.2) is 16.8 Å². The molecule has 3 rings (SSSR count). The van der Waals surface area contributed by atoms with Gasteiger partial charge in [-0.25, -0.2) is 9.97 Å². The lowest BCUT2D eigenvalue weighted by Gasteiger charge is -2.34. The lowest BCUT2D eigenvalue weighted by Crippen LogP contribution is -2.40. The Balaban J connectivity index is 1.86. The van der Waals surface area contributed by atoms with Gasteiger partial charge in [0.05, 0.1) is 0 Å². The second-order valence-electron chi connectivity index (χ2n) is 6.18. The Labute approximate surface area is 124 Å². The van der Waals surface area contributed by atoms with Gasteiger partial charge < -0.3 is 9.84 Å². The van der Waals surface area contributed by atoms with Gasteiger partial charge in [-0.05, 0) is 44.8 Å². The van der Waals surface area contributed by atoms with Crippen molar-refractivity contribution in [3.63, 3.8) is 0 Å². The molecule has 0 saturated carbocycles. The fraction of sp³-hybridized carbons (Fsp3) is 0.600. The lowest BCUT2D eigenvalue weighted by atomic mass is 9.75. The summed E-state index contributed by atoms with van der Waals surface area (Å²) in [5, 5.41) is 7.54. The largest absolute Gasteiger partial charge is 0.338 e. The van der Waals surface area contributed by atoms with Gasteiger partial charge in [-0.3, -0.25) is 0 Å². The van der Waals surface area contributed by atoms with Gasteiger partial charge in [-0.2, -0.15) is 4.98 Å². The predicted molar refractivity (Wildman–Crippen MR) is 78.7 cm³/mol. The highest BCUT2D eigenvalue weighted by Gasteiger charge is 2.37. The molecule has 0 aliphatic carbocycles. The van der Waals surface area contributed by atoms with Crippen LogP contribution in [0.5, 0.6) is 0 Å². The smallest absolute Gasteiger partial charge is 0.232 e. The highest BCUT2D eigenvalue weighted by atomic mass is 16.5. The molecular formula is C15H21N5O. The average molecular weight is 287 g/mol. The number of hydrogen-bond donors (Lipinski definition) is 1. The summed E-state index contributed by atoms with van der Waals surface area (Å²) in [6.07, 6.45) is 4.09. The molecule has 6 nitrogen and oxygen atoms in total. The Morgan fingerprint density at radius 1 is 1.33 bits per heavy atom. The maximum absolute atomic E-state index is 5.53. The van der Waals surface area contributed by atoms with Crippen molar-refractivity contribution in [3.05, 3.63) is 24.0 Å². The quantitative estimate of drug-likeness (QED) is 0.931. The summed E-state index contributed by atoms with van der Waals surface area (Å²) in [5.41, 5.74) is 0.566. The molecule has 0 radical (unpaired) electrons. The van der Waals surface area contributed by atoms with Crippen molar-refractivity contribution >= 4 is 0 Å². The molecule has 0 aromatic carbocycles. The molecule has 2 aromatic heterocycles. The summed E-state index contributed by atoms with van der Waals surface area (Å²) in [6, 6.07) is 1.80. The minimum atomic E-state index is -0.138. The third-order valence-corrected chi connectivity index (χ3v) is 4.30. The SMILES string of the molecule is Cc1nccc(-c2noc(C(C)(C)C3CCCNC3)n2)n1. The van der Waals surface area contributed by atoms with E-state index in [2.05, 4.69) is 39.3 Å². The number of piperidine rings is 1. The van der Waals surface area contributed by atoms with Crippen molar-refractivity contribution in [1.29, 1.82) is 0 Å². The van der Waals surface area contributed by atoms with Crippen LogP contribution in [0.2, 0.25) is 0 Å². The van der Waals surface area contributed by atoms with Crippen LogP contribution in [0.1, 0.15) is 38.4 Å². The Morgan fingerprint density at radius 3 is 2.90 bits per heavy atom. The summed E-state index contributed by atoms with van der Waals surface area (Å²) < 4.78 is 5.53. The van der Waals surface area contributed by atoms with Crippen LogP contribution < -0.4 is 5.32 Å². The first-order valence-corrected chi connectivity index (χ1v) is 7.42. The van der Waals surface area contributed by atoms with Crippen LogP contribution >= 0.6 is 0 Å². The van der Waals surface area contributed by atoms with Gasteiger partial charge >= 0.3 is 0 Å². The maximum atomic E-state index is 5.53. The minimum Gasteiger partial charge on any atom is -0.338 e. The maximum Gasteiger partial charge on any atom is 0.232 e. The van der Waals surface area contributed by atoms with Gasteiger partial charge in [0.1, 0.15) is 11.5 Å². The normalized spacial score (nSPS) is 19.7. The van der Waals surface area contributed by atoms with Gasteiger partial charge in [0, 0.05) is 11.6 Å². The molecule has 112 valence electrons. The molecule has 1 aliphatic rings. The molecule has 1 unspecified atom stereocenters. The Hall–Kier alpha value is -1.82. The third-order valence-electron chi connectivity index (χ3n) is 4.30. The Bertz CT molecular complexity index is 616. The molecule has 21 heavy (non-hydrogen) atoms. The van der Waals surface area contributed by atoms with E-state index < -0.39 is 0 Å². The van der Waals surface area contributed by atoms with E-state index >= 15 is 0 Å². The zero-order valence-corrected chi connectivity index (χ0v) is 12.8. The minimum absolute atomic E-state index is 0.138. The first-order chi connectivity index (χ1) is 10.1. The molecule has 1 fully saturated rings. The van der Waals surface area contributed by atoms with Crippen LogP contribution in [-0.2, 0) is 5.41 Å². The zero-order valence-electron chi connectivity index (χ0n) is 12.8. The van der Waals surface area contributed by atoms with E-state index in [0.29, 0.717) is 29.2 Å². The van der Waals surface area contributed by atoms with E-state index in [1.807, 2.05) is 6.92 Å². The van der Waals surface area contributed by atoms with E-state index in [9.17, 15) is 0 Å². The standard InChI is InChI=1S/C15H21N5O/c1-10-17-8-6-12(18-10)13-19-14(21-20-13)15(2,3)11-5-4-7-16-9-11/h6,8,11,16H,4-5,7,9H2,1-3H3. The third kappa shape index (κ3) is 2.81. The van der Waals surface area contributed by atoms with Gasteiger partial charge in [0.15, 0.2) is 0 Å². The molecule has 1 saturated heterocycles. The summed E-state index contributed by atoms with van der Waals surface area (Å²) >= 11 is 0. The lowest BCUT2D eigenvalue weighted by molar-refractivity contribution is 0.196. The van der Waals surface area contributed by atoms with Crippen LogP contribution in [0, 0.1) is 12.8 Å². The first kappa shape index (κ1) is 14.1. The second kappa shape index (κ2) is 5.52. The van der Waals surface area contributed by atoms with Crippen molar-refractivity contribution in [2.75, 3.05) is 13.1 Å². The van der Waals surface area contributed by atoms with Gasteiger partial charge in [0.2, 0.25) is 11.7 Å². The molecule has 2 aromatic rings. The number of rotatable bonds is 3. The highest BCUT2D eigenvalue weighted by molar-refractivity contribution is 5.47. The van der Waals surface area contributed by atoms with Gasteiger partial charge in [-0.15, -0.1) is 0 Å². The molecule has 0 amide bonds. The summed E-state index contributed by atoms with van der Waals surface area (Å²) in [5.74, 6) is 2.43. The van der Waals surface area contributed by atoms with E-state index in [4.69, 9.17) is 4.52 Å². The number of nitrogens with one attached hydrogen (secondary N) is 1. The van der Waals surface area contributed by atoms with Crippen molar-refractivity contribution in [3.8, 4) is 11.5 Å². The van der Waals surface area contributed by atoms with Crippen LogP contribution in [0.25, 0.3) is 11.5 Å². The Kier molecular flexibility index (Phi) is 3.71. The van der Waals surface area contributed by atoms with Crippen LogP contribution in [-0.4, -0.2) is 33.2 Å². The fourth-order valence-electron chi connectivity index (χ4n) is 2.81. The molecule has 1 N–H and O–H groups in total. The number of hydrogen-bond acceptors (Lipinski definition) is 6. The van der Waals surface area contributed by atoms with E-state index in [1.165, 1.54) is 12.8 Å². The number of aromatic nitrogens is 4. The highest BCUT2D eigenvalue weighted by Crippen LogP contribution is 2.35. The number of aryl methyl sites for hydroxylation is 1. The molecule has 0 spiro atoms. The van der Waals surface area contributed by atoms with Crippen molar-refractivity contribution in [1.82, 2.24) is 25.4 Å². The molecule has 3 heterocycles. The predicted octanol–water partition coefficient (Wildman–Crippen LogP) is 2.11. The van der Waals surface area contributed by atoms with E-state index in [0.717, 1.165) is 13.1 Å². The zero-order chi connectivity index (χ0) is 14.9. The molecule has 6 heteroatoms. The molecular weight excluding hydrogens is 266 g/mol. The Morgan fingerprint density at radius 2 is 2.19 bits per heavy atom. The average Bonchev–Trinajstić information content (AvgIpc) is 2.99. The monoisotopic (exact) mass is 287 g/mol. The van der Waals surface area contributed by atoms with Gasteiger partial charge in [0.25, 0.3) is 0 Å². The van der Waals surface area contributed by atoms with Gasteiger partial charge in [-0.1, -0.05) is 19.0 Å². The topological polar surface area (TPSA) is 76.7 Å². The first-order valence-electron chi connectivity index (χ1n) is 7.42.